The quantitative estimate of drug-likeness (QED) is 0.791. The summed E-state index contributed by atoms with van der Waals surface area (Å²) in [5.41, 5.74) is 1.73. The van der Waals surface area contributed by atoms with Crippen LogP contribution in [0, 0.1) is 0 Å². The largest absolute Gasteiger partial charge is 0.369 e. The standard InChI is InChI=1S/C17H18N4O2S/c22-24(23,16-13-19-17-15(16)7-4-8-18-17)21-11-9-20(10-12-21)14-5-2-1-3-6-14/h1-8,13H,9-12H2,(H,18,19). The molecule has 1 aromatic carbocycles. The highest BCUT2D eigenvalue weighted by atomic mass is 32.2. The third kappa shape index (κ3) is 2.55. The molecule has 0 saturated carbocycles. The van der Waals surface area contributed by atoms with Crippen molar-refractivity contribution in [2.45, 2.75) is 4.90 Å². The average Bonchev–Trinajstić information content (AvgIpc) is 3.07. The van der Waals surface area contributed by atoms with Crippen LogP contribution < -0.4 is 4.90 Å². The van der Waals surface area contributed by atoms with Crippen LogP contribution in [0.2, 0.25) is 0 Å². The van der Waals surface area contributed by atoms with Crippen molar-refractivity contribution in [3.05, 3.63) is 54.9 Å². The fraction of sp³-hybridized carbons (Fsp3) is 0.235. The average molecular weight is 342 g/mol. The summed E-state index contributed by atoms with van der Waals surface area (Å²) in [5, 5.41) is 0.642. The van der Waals surface area contributed by atoms with Gasteiger partial charge in [-0.05, 0) is 24.3 Å². The Labute approximate surface area is 140 Å². The highest BCUT2D eigenvalue weighted by molar-refractivity contribution is 7.89. The predicted molar refractivity (Wildman–Crippen MR) is 93.5 cm³/mol. The second-order valence-corrected chi connectivity index (χ2v) is 7.69. The Hall–Kier alpha value is -2.38. The minimum atomic E-state index is -3.52. The summed E-state index contributed by atoms with van der Waals surface area (Å²) in [6, 6.07) is 13.6. The van der Waals surface area contributed by atoms with Gasteiger partial charge in [-0.25, -0.2) is 13.4 Å². The molecule has 0 radical (unpaired) electrons. The number of aromatic nitrogens is 2. The summed E-state index contributed by atoms with van der Waals surface area (Å²) in [4.78, 5) is 9.62. The molecule has 24 heavy (non-hydrogen) atoms. The summed E-state index contributed by atoms with van der Waals surface area (Å²) in [5.74, 6) is 0. The van der Waals surface area contributed by atoms with Gasteiger partial charge in [0.15, 0.2) is 0 Å². The van der Waals surface area contributed by atoms with E-state index in [-0.39, 0.29) is 0 Å². The molecule has 1 N–H and O–H groups in total. The lowest BCUT2D eigenvalue weighted by Gasteiger charge is -2.35. The van der Waals surface area contributed by atoms with E-state index in [9.17, 15) is 8.42 Å². The lowest BCUT2D eigenvalue weighted by Crippen LogP contribution is -2.48. The normalized spacial score (nSPS) is 16.6. The highest BCUT2D eigenvalue weighted by Crippen LogP contribution is 2.26. The molecule has 0 spiro atoms. The van der Waals surface area contributed by atoms with Gasteiger partial charge in [0.05, 0.1) is 0 Å². The molecule has 4 rings (SSSR count). The topological polar surface area (TPSA) is 69.3 Å². The number of fused-ring (bicyclic) bond motifs is 1. The zero-order valence-electron chi connectivity index (χ0n) is 13.1. The molecule has 0 atom stereocenters. The summed E-state index contributed by atoms with van der Waals surface area (Å²) >= 11 is 0. The van der Waals surface area contributed by atoms with Gasteiger partial charge >= 0.3 is 0 Å². The van der Waals surface area contributed by atoms with Crippen molar-refractivity contribution in [2.75, 3.05) is 31.1 Å². The van der Waals surface area contributed by atoms with Gasteiger partial charge < -0.3 is 9.88 Å². The molecule has 124 valence electrons. The second kappa shape index (κ2) is 5.92. The van der Waals surface area contributed by atoms with Gasteiger partial charge in [-0.2, -0.15) is 4.31 Å². The lowest BCUT2D eigenvalue weighted by atomic mass is 10.2. The molecule has 3 aromatic rings. The van der Waals surface area contributed by atoms with Gasteiger partial charge in [0.1, 0.15) is 10.5 Å². The fourth-order valence-corrected chi connectivity index (χ4v) is 4.68. The number of nitrogens with one attached hydrogen (secondary N) is 1. The van der Waals surface area contributed by atoms with Crippen LogP contribution in [0.5, 0.6) is 0 Å². The number of para-hydroxylation sites is 1. The van der Waals surface area contributed by atoms with Crippen LogP contribution in [0.15, 0.2) is 59.8 Å². The number of anilines is 1. The van der Waals surface area contributed by atoms with Crippen molar-refractivity contribution in [1.29, 1.82) is 0 Å². The summed E-state index contributed by atoms with van der Waals surface area (Å²) in [6.45, 7) is 2.32. The van der Waals surface area contributed by atoms with E-state index in [4.69, 9.17) is 0 Å². The number of sulfonamides is 1. The van der Waals surface area contributed by atoms with E-state index in [2.05, 4.69) is 27.0 Å². The third-order valence-corrected chi connectivity index (χ3v) is 6.33. The van der Waals surface area contributed by atoms with Crippen LogP contribution in [0.1, 0.15) is 0 Å². The molecule has 1 fully saturated rings. The van der Waals surface area contributed by atoms with Crippen LogP contribution in [0.25, 0.3) is 11.0 Å². The van der Waals surface area contributed by atoms with Crippen molar-refractivity contribution < 1.29 is 8.42 Å². The number of hydrogen-bond acceptors (Lipinski definition) is 4. The molecular weight excluding hydrogens is 324 g/mol. The van der Waals surface area contributed by atoms with E-state index < -0.39 is 10.0 Å². The monoisotopic (exact) mass is 342 g/mol. The molecule has 0 bridgehead atoms. The molecule has 0 unspecified atom stereocenters. The first kappa shape index (κ1) is 15.2. The van der Waals surface area contributed by atoms with Crippen molar-refractivity contribution in [1.82, 2.24) is 14.3 Å². The SMILES string of the molecule is O=S(=O)(c1c[nH]c2ncccc12)N1CCN(c2ccccc2)CC1. The van der Waals surface area contributed by atoms with Gasteiger partial charge in [-0.15, -0.1) is 0 Å². The Bertz CT molecular complexity index is 945. The Morgan fingerprint density at radius 2 is 1.71 bits per heavy atom. The number of hydrogen-bond donors (Lipinski definition) is 1. The predicted octanol–water partition coefficient (Wildman–Crippen LogP) is 2.07. The number of H-pyrrole nitrogens is 1. The maximum atomic E-state index is 13.0. The van der Waals surface area contributed by atoms with Gasteiger partial charge in [0.25, 0.3) is 0 Å². The summed E-state index contributed by atoms with van der Waals surface area (Å²) in [7, 11) is -3.52. The van der Waals surface area contributed by atoms with Gasteiger partial charge in [-0.3, -0.25) is 0 Å². The van der Waals surface area contributed by atoms with E-state index in [1.54, 1.807) is 22.6 Å². The van der Waals surface area contributed by atoms with Crippen LogP contribution in [0.3, 0.4) is 0 Å². The molecule has 7 heteroatoms. The number of piperazine rings is 1. The first-order valence-electron chi connectivity index (χ1n) is 7.88. The molecular formula is C17H18N4O2S. The van der Waals surface area contributed by atoms with Crippen LogP contribution >= 0.6 is 0 Å². The number of pyridine rings is 1. The summed E-state index contributed by atoms with van der Waals surface area (Å²) < 4.78 is 27.5. The number of benzene rings is 1. The van der Waals surface area contributed by atoms with Crippen molar-refractivity contribution in [3.63, 3.8) is 0 Å². The third-order valence-electron chi connectivity index (χ3n) is 4.39. The Balaban J connectivity index is 1.56. The maximum Gasteiger partial charge on any atom is 0.245 e. The zero-order chi connectivity index (χ0) is 16.6. The highest BCUT2D eigenvalue weighted by Gasteiger charge is 2.30. The van der Waals surface area contributed by atoms with E-state index in [0.29, 0.717) is 42.1 Å². The van der Waals surface area contributed by atoms with Crippen LogP contribution in [0.4, 0.5) is 5.69 Å². The minimum Gasteiger partial charge on any atom is -0.369 e. The first-order valence-corrected chi connectivity index (χ1v) is 9.32. The van der Waals surface area contributed by atoms with E-state index in [1.165, 1.54) is 6.20 Å². The van der Waals surface area contributed by atoms with Crippen molar-refractivity contribution >= 4 is 26.7 Å². The molecule has 0 amide bonds. The van der Waals surface area contributed by atoms with E-state index >= 15 is 0 Å². The number of aromatic amines is 1. The van der Waals surface area contributed by atoms with Crippen molar-refractivity contribution in [3.8, 4) is 0 Å². The molecule has 0 aliphatic carbocycles. The van der Waals surface area contributed by atoms with Crippen molar-refractivity contribution in [2.24, 2.45) is 0 Å². The smallest absolute Gasteiger partial charge is 0.245 e. The molecule has 1 saturated heterocycles. The lowest BCUT2D eigenvalue weighted by molar-refractivity contribution is 0.385. The van der Waals surface area contributed by atoms with Gasteiger partial charge in [0, 0.05) is 49.6 Å². The van der Waals surface area contributed by atoms with Gasteiger partial charge in [-0.1, -0.05) is 18.2 Å². The molecule has 6 nitrogen and oxygen atoms in total. The minimum absolute atomic E-state index is 0.304. The summed E-state index contributed by atoms with van der Waals surface area (Å²) in [6.07, 6.45) is 3.18. The van der Waals surface area contributed by atoms with Gasteiger partial charge in [0.2, 0.25) is 10.0 Å². The molecule has 2 aromatic heterocycles. The van der Waals surface area contributed by atoms with Crippen LogP contribution in [-0.4, -0.2) is 48.9 Å². The Morgan fingerprint density at radius 3 is 2.46 bits per heavy atom. The van der Waals surface area contributed by atoms with Crippen LogP contribution in [-0.2, 0) is 10.0 Å². The number of rotatable bonds is 3. The Kier molecular flexibility index (Phi) is 3.74. The fourth-order valence-electron chi connectivity index (χ4n) is 3.11. The molecule has 3 heterocycles. The first-order chi connectivity index (χ1) is 11.7. The second-order valence-electron chi connectivity index (χ2n) is 5.78. The molecule has 1 aliphatic heterocycles. The maximum absolute atomic E-state index is 13.0. The van der Waals surface area contributed by atoms with E-state index in [1.807, 2.05) is 18.2 Å². The molecule has 1 aliphatic rings. The zero-order valence-corrected chi connectivity index (χ0v) is 13.9. The number of nitrogens with zero attached hydrogens (tertiary/aromatic N) is 3. The Morgan fingerprint density at radius 1 is 0.958 bits per heavy atom. The van der Waals surface area contributed by atoms with E-state index in [0.717, 1.165) is 5.69 Å².